The van der Waals surface area contributed by atoms with Crippen LogP contribution in [0.5, 0.6) is 11.5 Å². The Balaban J connectivity index is 1.51. The predicted octanol–water partition coefficient (Wildman–Crippen LogP) is 5.62. The van der Waals surface area contributed by atoms with E-state index in [0.717, 1.165) is 29.1 Å². The summed E-state index contributed by atoms with van der Waals surface area (Å²) in [5.41, 5.74) is 5.96. The Kier molecular flexibility index (Phi) is 6.73. The van der Waals surface area contributed by atoms with Crippen molar-refractivity contribution in [3.63, 3.8) is 0 Å². The summed E-state index contributed by atoms with van der Waals surface area (Å²) in [4.78, 5) is 15.7. The van der Waals surface area contributed by atoms with Crippen LogP contribution in [0.15, 0.2) is 66.7 Å². The Morgan fingerprint density at radius 2 is 1.60 bits per heavy atom. The molecule has 0 atom stereocenters. The van der Waals surface area contributed by atoms with Crippen molar-refractivity contribution in [3.8, 4) is 11.5 Å². The molecule has 2 aliphatic heterocycles. The van der Waals surface area contributed by atoms with Crippen molar-refractivity contribution in [1.29, 1.82) is 0 Å². The maximum absolute atomic E-state index is 13.2. The normalized spacial score (nSPS) is 16.9. The molecule has 0 radical (unpaired) electrons. The summed E-state index contributed by atoms with van der Waals surface area (Å²) in [7, 11) is 3.18. The fourth-order valence-corrected chi connectivity index (χ4v) is 4.84. The van der Waals surface area contributed by atoms with Gasteiger partial charge in [0.2, 0.25) is 0 Å². The smallest absolute Gasteiger partial charge is 0.258 e. The molecule has 3 aromatic carbocycles. The minimum absolute atomic E-state index is 0.164. The van der Waals surface area contributed by atoms with Gasteiger partial charge in [0.1, 0.15) is 0 Å². The maximum atomic E-state index is 13.2. The first-order valence-corrected chi connectivity index (χ1v) is 12.1. The molecule has 0 bridgehead atoms. The SMILES string of the molecule is COc1cc2c(cc1OC)C(=C(Nc1ccc(CN3CCCCC3)cc1)c1ccccc1)C(=O)N2. The second kappa shape index (κ2) is 10.2. The van der Waals surface area contributed by atoms with Crippen LogP contribution in [0, 0.1) is 0 Å². The van der Waals surface area contributed by atoms with Crippen LogP contribution in [0.3, 0.4) is 0 Å². The first-order valence-electron chi connectivity index (χ1n) is 12.1. The third kappa shape index (κ3) is 4.88. The summed E-state index contributed by atoms with van der Waals surface area (Å²) in [6.45, 7) is 3.32. The summed E-state index contributed by atoms with van der Waals surface area (Å²) in [6, 6.07) is 22.1. The highest BCUT2D eigenvalue weighted by Crippen LogP contribution is 2.43. The molecule has 2 N–H and O–H groups in total. The highest BCUT2D eigenvalue weighted by Gasteiger charge is 2.30. The molecular weight excluding hydrogens is 438 g/mol. The highest BCUT2D eigenvalue weighted by atomic mass is 16.5. The Hall–Kier alpha value is -3.77. The number of anilines is 2. The fraction of sp³-hybridized carbons (Fsp3) is 0.276. The third-order valence-corrected chi connectivity index (χ3v) is 6.66. The first-order chi connectivity index (χ1) is 17.2. The molecule has 2 aliphatic rings. The van der Waals surface area contributed by atoms with Gasteiger partial charge < -0.3 is 20.1 Å². The van der Waals surface area contributed by atoms with Crippen LogP contribution in [0.25, 0.3) is 11.3 Å². The molecule has 1 saturated heterocycles. The molecule has 6 nitrogen and oxygen atoms in total. The van der Waals surface area contributed by atoms with Gasteiger partial charge in [-0.15, -0.1) is 0 Å². The number of ether oxygens (including phenoxy) is 2. The molecule has 0 spiro atoms. The Morgan fingerprint density at radius 3 is 2.29 bits per heavy atom. The number of nitrogens with one attached hydrogen (secondary N) is 2. The zero-order chi connectivity index (χ0) is 24.2. The molecule has 180 valence electrons. The lowest BCUT2D eigenvalue weighted by Crippen LogP contribution is -2.29. The van der Waals surface area contributed by atoms with Gasteiger partial charge in [-0.2, -0.15) is 0 Å². The van der Waals surface area contributed by atoms with Gasteiger partial charge in [0.05, 0.1) is 31.2 Å². The van der Waals surface area contributed by atoms with E-state index < -0.39 is 0 Å². The van der Waals surface area contributed by atoms with Gasteiger partial charge in [0.15, 0.2) is 11.5 Å². The predicted molar refractivity (Wildman–Crippen MR) is 141 cm³/mol. The zero-order valence-electron chi connectivity index (χ0n) is 20.3. The van der Waals surface area contributed by atoms with Crippen molar-refractivity contribution in [3.05, 3.63) is 83.4 Å². The van der Waals surface area contributed by atoms with Gasteiger partial charge >= 0.3 is 0 Å². The average Bonchev–Trinajstić information content (AvgIpc) is 3.22. The number of benzene rings is 3. The summed E-state index contributed by atoms with van der Waals surface area (Å²) >= 11 is 0. The van der Waals surface area contributed by atoms with Crippen molar-refractivity contribution in [2.24, 2.45) is 0 Å². The van der Waals surface area contributed by atoms with Crippen LogP contribution in [-0.4, -0.2) is 38.1 Å². The monoisotopic (exact) mass is 469 g/mol. The fourth-order valence-electron chi connectivity index (χ4n) is 4.84. The second-order valence-electron chi connectivity index (χ2n) is 8.98. The van der Waals surface area contributed by atoms with Crippen molar-refractivity contribution in [2.75, 3.05) is 37.9 Å². The molecule has 5 rings (SSSR count). The zero-order valence-corrected chi connectivity index (χ0v) is 20.3. The molecule has 1 amide bonds. The van der Waals surface area contributed by atoms with Gasteiger partial charge in [-0.25, -0.2) is 0 Å². The lowest BCUT2D eigenvalue weighted by atomic mass is 9.99. The van der Waals surface area contributed by atoms with Crippen LogP contribution in [-0.2, 0) is 11.3 Å². The van der Waals surface area contributed by atoms with Crippen molar-refractivity contribution in [1.82, 2.24) is 4.90 Å². The molecule has 6 heteroatoms. The van der Waals surface area contributed by atoms with E-state index in [4.69, 9.17) is 9.47 Å². The maximum Gasteiger partial charge on any atom is 0.258 e. The third-order valence-electron chi connectivity index (χ3n) is 6.66. The van der Waals surface area contributed by atoms with E-state index >= 15 is 0 Å². The molecule has 0 aromatic heterocycles. The first kappa shape index (κ1) is 23.0. The molecule has 3 aromatic rings. The molecule has 35 heavy (non-hydrogen) atoms. The van der Waals surface area contributed by atoms with Gasteiger partial charge in [0.25, 0.3) is 5.91 Å². The van der Waals surface area contributed by atoms with E-state index in [0.29, 0.717) is 22.8 Å². The summed E-state index contributed by atoms with van der Waals surface area (Å²) in [6.07, 6.45) is 3.91. The van der Waals surface area contributed by atoms with E-state index in [9.17, 15) is 4.79 Å². The van der Waals surface area contributed by atoms with Crippen LogP contribution in [0.4, 0.5) is 11.4 Å². The summed E-state index contributed by atoms with van der Waals surface area (Å²) < 4.78 is 10.9. The van der Waals surface area contributed by atoms with Crippen LogP contribution >= 0.6 is 0 Å². The number of amides is 1. The molecular formula is C29H31N3O3. The number of carbonyl (C=O) groups excluding carboxylic acids is 1. The molecule has 0 unspecified atom stereocenters. The molecule has 2 heterocycles. The van der Waals surface area contributed by atoms with E-state index in [2.05, 4.69) is 39.8 Å². The van der Waals surface area contributed by atoms with E-state index in [-0.39, 0.29) is 5.91 Å². The summed E-state index contributed by atoms with van der Waals surface area (Å²) in [5, 5.41) is 6.52. The molecule has 0 aliphatic carbocycles. The second-order valence-corrected chi connectivity index (χ2v) is 8.98. The van der Waals surface area contributed by atoms with E-state index in [1.54, 1.807) is 20.3 Å². The van der Waals surface area contributed by atoms with Gasteiger partial charge in [0, 0.05) is 23.9 Å². The molecule has 0 saturated carbocycles. The van der Waals surface area contributed by atoms with Crippen LogP contribution in [0.1, 0.15) is 36.0 Å². The number of methoxy groups -OCH3 is 2. The number of rotatable bonds is 7. The average molecular weight is 470 g/mol. The number of likely N-dealkylation sites (tertiary alicyclic amines) is 1. The van der Waals surface area contributed by atoms with E-state index in [1.165, 1.54) is 37.9 Å². The Bertz CT molecular complexity index is 1230. The minimum atomic E-state index is -0.164. The minimum Gasteiger partial charge on any atom is -0.493 e. The number of piperidine rings is 1. The Morgan fingerprint density at radius 1 is 0.914 bits per heavy atom. The van der Waals surface area contributed by atoms with Gasteiger partial charge in [-0.05, 0) is 55.3 Å². The van der Waals surface area contributed by atoms with Gasteiger partial charge in [-0.3, -0.25) is 9.69 Å². The lowest BCUT2D eigenvalue weighted by molar-refractivity contribution is -0.110. The standard InChI is InChI=1S/C29H31N3O3/c1-34-25-17-23-24(18-26(25)35-2)31-29(33)27(23)28(21-9-5-3-6-10-21)30-22-13-11-20(12-14-22)19-32-15-7-4-8-16-32/h3,5-6,9-14,17-18,30H,4,7-8,15-16,19H2,1-2H3,(H,31,33). The Labute approximate surface area is 206 Å². The molecule has 1 fully saturated rings. The number of hydrogen-bond donors (Lipinski definition) is 2. The number of nitrogens with zero attached hydrogens (tertiary/aromatic N) is 1. The topological polar surface area (TPSA) is 62.8 Å². The largest absolute Gasteiger partial charge is 0.493 e. The van der Waals surface area contributed by atoms with Crippen molar-refractivity contribution < 1.29 is 14.3 Å². The van der Waals surface area contributed by atoms with Crippen LogP contribution < -0.4 is 20.1 Å². The van der Waals surface area contributed by atoms with Crippen molar-refractivity contribution in [2.45, 2.75) is 25.8 Å². The summed E-state index contributed by atoms with van der Waals surface area (Å²) in [5.74, 6) is 0.990. The quantitative estimate of drug-likeness (QED) is 0.440. The van der Waals surface area contributed by atoms with Crippen LogP contribution in [0.2, 0.25) is 0 Å². The number of carbonyl (C=O) groups is 1. The number of hydrogen-bond acceptors (Lipinski definition) is 5. The number of fused-ring (bicyclic) bond motifs is 1. The lowest BCUT2D eigenvalue weighted by Gasteiger charge is -2.26. The highest BCUT2D eigenvalue weighted by molar-refractivity contribution is 6.37. The van der Waals surface area contributed by atoms with E-state index in [1.807, 2.05) is 36.4 Å². The van der Waals surface area contributed by atoms with Gasteiger partial charge in [-0.1, -0.05) is 48.9 Å². The van der Waals surface area contributed by atoms with Crippen molar-refractivity contribution >= 4 is 28.6 Å².